The SMILES string of the molecule is COc1ccccc1NC(=O)c1cc(NCCC(C)C)ccn1. The Hall–Kier alpha value is -2.56. The van der Waals surface area contributed by atoms with E-state index in [4.69, 9.17) is 4.74 Å². The summed E-state index contributed by atoms with van der Waals surface area (Å²) in [5, 5.41) is 6.14. The number of para-hydroxylation sites is 2. The molecule has 0 aliphatic heterocycles. The van der Waals surface area contributed by atoms with E-state index in [0.717, 1.165) is 18.7 Å². The van der Waals surface area contributed by atoms with Crippen LogP contribution in [0.15, 0.2) is 42.6 Å². The van der Waals surface area contributed by atoms with E-state index in [2.05, 4.69) is 29.5 Å². The first-order valence-corrected chi connectivity index (χ1v) is 7.74. The zero-order valence-electron chi connectivity index (χ0n) is 13.8. The monoisotopic (exact) mass is 313 g/mol. The van der Waals surface area contributed by atoms with E-state index < -0.39 is 0 Å². The molecule has 2 rings (SSSR count). The van der Waals surface area contributed by atoms with Crippen LogP contribution in [-0.2, 0) is 0 Å². The molecule has 5 heteroatoms. The van der Waals surface area contributed by atoms with E-state index in [-0.39, 0.29) is 5.91 Å². The predicted octanol–water partition coefficient (Wildman–Crippen LogP) is 3.80. The fourth-order valence-corrected chi connectivity index (χ4v) is 2.10. The second kappa shape index (κ2) is 8.17. The van der Waals surface area contributed by atoms with Gasteiger partial charge in [0, 0.05) is 18.4 Å². The van der Waals surface area contributed by atoms with Gasteiger partial charge < -0.3 is 15.4 Å². The zero-order chi connectivity index (χ0) is 16.7. The number of anilines is 2. The van der Waals surface area contributed by atoms with E-state index in [1.807, 2.05) is 18.2 Å². The molecular formula is C18H23N3O2. The molecule has 0 unspecified atom stereocenters. The van der Waals surface area contributed by atoms with E-state index in [1.54, 1.807) is 31.5 Å². The van der Waals surface area contributed by atoms with Crippen LogP contribution in [0.4, 0.5) is 11.4 Å². The van der Waals surface area contributed by atoms with Crippen molar-refractivity contribution in [3.05, 3.63) is 48.3 Å². The minimum Gasteiger partial charge on any atom is -0.495 e. The Kier molecular flexibility index (Phi) is 5.97. The van der Waals surface area contributed by atoms with Crippen molar-refractivity contribution >= 4 is 17.3 Å². The van der Waals surface area contributed by atoms with Gasteiger partial charge >= 0.3 is 0 Å². The van der Waals surface area contributed by atoms with Gasteiger partial charge in [-0.3, -0.25) is 9.78 Å². The summed E-state index contributed by atoms with van der Waals surface area (Å²) in [4.78, 5) is 16.5. The summed E-state index contributed by atoms with van der Waals surface area (Å²) in [6, 6.07) is 10.9. The molecule has 1 aromatic carbocycles. The number of benzene rings is 1. The lowest BCUT2D eigenvalue weighted by atomic mass is 10.1. The third-order valence-corrected chi connectivity index (χ3v) is 3.40. The fourth-order valence-electron chi connectivity index (χ4n) is 2.10. The van der Waals surface area contributed by atoms with Crippen LogP contribution in [-0.4, -0.2) is 24.5 Å². The number of hydrogen-bond acceptors (Lipinski definition) is 4. The minimum absolute atomic E-state index is 0.262. The van der Waals surface area contributed by atoms with Crippen molar-refractivity contribution in [3.63, 3.8) is 0 Å². The molecule has 0 bridgehead atoms. The highest BCUT2D eigenvalue weighted by Gasteiger charge is 2.11. The van der Waals surface area contributed by atoms with Crippen LogP contribution in [0.3, 0.4) is 0 Å². The number of nitrogens with one attached hydrogen (secondary N) is 2. The Bertz CT molecular complexity index is 656. The van der Waals surface area contributed by atoms with Crippen LogP contribution in [0.2, 0.25) is 0 Å². The normalized spacial score (nSPS) is 10.4. The highest BCUT2D eigenvalue weighted by molar-refractivity contribution is 6.04. The summed E-state index contributed by atoms with van der Waals surface area (Å²) in [6.07, 6.45) is 2.71. The van der Waals surface area contributed by atoms with E-state index in [1.165, 1.54) is 0 Å². The van der Waals surface area contributed by atoms with Gasteiger partial charge in [-0.15, -0.1) is 0 Å². The first-order chi connectivity index (χ1) is 11.1. The summed E-state index contributed by atoms with van der Waals surface area (Å²) in [6.45, 7) is 5.23. The minimum atomic E-state index is -0.262. The Morgan fingerprint density at radius 3 is 2.78 bits per heavy atom. The first kappa shape index (κ1) is 16.8. The highest BCUT2D eigenvalue weighted by atomic mass is 16.5. The van der Waals surface area contributed by atoms with Gasteiger partial charge in [-0.25, -0.2) is 0 Å². The average molecular weight is 313 g/mol. The molecule has 1 amide bonds. The van der Waals surface area contributed by atoms with E-state index >= 15 is 0 Å². The topological polar surface area (TPSA) is 63.2 Å². The van der Waals surface area contributed by atoms with Gasteiger partial charge in [-0.1, -0.05) is 26.0 Å². The Morgan fingerprint density at radius 1 is 1.26 bits per heavy atom. The van der Waals surface area contributed by atoms with Crippen LogP contribution in [0, 0.1) is 5.92 Å². The van der Waals surface area contributed by atoms with E-state index in [9.17, 15) is 4.79 Å². The van der Waals surface area contributed by atoms with Crippen molar-refractivity contribution < 1.29 is 9.53 Å². The summed E-state index contributed by atoms with van der Waals surface area (Å²) in [7, 11) is 1.57. The quantitative estimate of drug-likeness (QED) is 0.816. The summed E-state index contributed by atoms with van der Waals surface area (Å²) < 4.78 is 5.23. The molecule has 122 valence electrons. The van der Waals surface area contributed by atoms with Gasteiger partial charge in [0.25, 0.3) is 5.91 Å². The maximum absolute atomic E-state index is 12.4. The van der Waals surface area contributed by atoms with Crippen molar-refractivity contribution in [2.75, 3.05) is 24.3 Å². The molecule has 0 aliphatic rings. The first-order valence-electron chi connectivity index (χ1n) is 7.74. The molecule has 5 nitrogen and oxygen atoms in total. The second-order valence-corrected chi connectivity index (χ2v) is 5.69. The van der Waals surface area contributed by atoms with Gasteiger partial charge in [0.15, 0.2) is 0 Å². The summed E-state index contributed by atoms with van der Waals surface area (Å²) >= 11 is 0. The van der Waals surface area contributed by atoms with Crippen molar-refractivity contribution in [2.45, 2.75) is 20.3 Å². The van der Waals surface area contributed by atoms with Crippen molar-refractivity contribution in [3.8, 4) is 5.75 Å². The zero-order valence-corrected chi connectivity index (χ0v) is 13.8. The molecule has 1 heterocycles. The Labute approximate surface area is 137 Å². The molecular weight excluding hydrogens is 290 g/mol. The molecule has 0 spiro atoms. The third-order valence-electron chi connectivity index (χ3n) is 3.40. The molecule has 0 radical (unpaired) electrons. The van der Waals surface area contributed by atoms with Crippen molar-refractivity contribution in [1.29, 1.82) is 0 Å². The van der Waals surface area contributed by atoms with Gasteiger partial charge in [0.05, 0.1) is 12.8 Å². The van der Waals surface area contributed by atoms with Gasteiger partial charge in [-0.2, -0.15) is 0 Å². The van der Waals surface area contributed by atoms with Crippen LogP contribution < -0.4 is 15.4 Å². The molecule has 0 saturated heterocycles. The molecule has 0 saturated carbocycles. The number of ether oxygens (including phenoxy) is 1. The van der Waals surface area contributed by atoms with Crippen molar-refractivity contribution in [2.24, 2.45) is 5.92 Å². The van der Waals surface area contributed by atoms with Gasteiger partial charge in [0.2, 0.25) is 0 Å². The maximum Gasteiger partial charge on any atom is 0.274 e. The molecule has 0 atom stereocenters. The second-order valence-electron chi connectivity index (χ2n) is 5.69. The average Bonchev–Trinajstić information content (AvgIpc) is 2.55. The lowest BCUT2D eigenvalue weighted by molar-refractivity contribution is 0.102. The van der Waals surface area contributed by atoms with Crippen LogP contribution in [0.25, 0.3) is 0 Å². The standard InChI is InChI=1S/C18H23N3O2/c1-13(2)8-10-19-14-9-11-20-16(12-14)18(22)21-15-6-4-5-7-17(15)23-3/h4-7,9,11-13H,8,10H2,1-3H3,(H,19,20)(H,21,22). The number of rotatable bonds is 7. The number of aromatic nitrogens is 1. The lowest BCUT2D eigenvalue weighted by Crippen LogP contribution is -2.15. The van der Waals surface area contributed by atoms with Gasteiger partial charge in [0.1, 0.15) is 11.4 Å². The fraction of sp³-hybridized carbons (Fsp3) is 0.333. The maximum atomic E-state index is 12.4. The molecule has 2 N–H and O–H groups in total. The molecule has 2 aromatic rings. The summed E-state index contributed by atoms with van der Waals surface area (Å²) in [5.41, 5.74) is 1.89. The summed E-state index contributed by atoms with van der Waals surface area (Å²) in [5.74, 6) is 0.992. The smallest absolute Gasteiger partial charge is 0.274 e. The number of carbonyl (C=O) groups excluding carboxylic acids is 1. The number of pyridine rings is 1. The number of amides is 1. The lowest BCUT2D eigenvalue weighted by Gasteiger charge is -2.11. The number of hydrogen-bond donors (Lipinski definition) is 2. The molecule has 23 heavy (non-hydrogen) atoms. The predicted molar refractivity (Wildman–Crippen MR) is 93.1 cm³/mol. The van der Waals surface area contributed by atoms with Crippen LogP contribution in [0.1, 0.15) is 30.8 Å². The van der Waals surface area contributed by atoms with E-state index in [0.29, 0.717) is 23.0 Å². The Morgan fingerprint density at radius 2 is 2.04 bits per heavy atom. The van der Waals surface area contributed by atoms with Crippen LogP contribution >= 0.6 is 0 Å². The van der Waals surface area contributed by atoms with Crippen molar-refractivity contribution in [1.82, 2.24) is 4.98 Å². The number of nitrogens with zero attached hydrogens (tertiary/aromatic N) is 1. The molecule has 1 aromatic heterocycles. The van der Waals surface area contributed by atoms with Crippen LogP contribution in [0.5, 0.6) is 5.75 Å². The Balaban J connectivity index is 2.04. The third kappa shape index (κ3) is 4.98. The molecule has 0 fully saturated rings. The molecule has 0 aliphatic carbocycles. The largest absolute Gasteiger partial charge is 0.495 e. The number of carbonyl (C=O) groups is 1. The van der Waals surface area contributed by atoms with Gasteiger partial charge in [-0.05, 0) is 36.6 Å². The highest BCUT2D eigenvalue weighted by Crippen LogP contribution is 2.23. The number of methoxy groups -OCH3 is 1.